The molecule has 1 aromatic carbocycles. The molecule has 2 aliphatic rings. The average molecular weight is 563 g/mol. The van der Waals surface area contributed by atoms with Crippen molar-refractivity contribution in [3.63, 3.8) is 0 Å². The highest BCUT2D eigenvalue weighted by Crippen LogP contribution is 2.25. The van der Waals surface area contributed by atoms with Gasteiger partial charge in [0.2, 0.25) is 5.91 Å². The van der Waals surface area contributed by atoms with E-state index in [0.29, 0.717) is 44.2 Å². The van der Waals surface area contributed by atoms with Crippen LogP contribution in [-0.2, 0) is 24.4 Å². The van der Waals surface area contributed by atoms with Crippen molar-refractivity contribution >= 4 is 17.5 Å². The highest BCUT2D eigenvalue weighted by atomic mass is 16.5. The summed E-state index contributed by atoms with van der Waals surface area (Å²) < 4.78 is 10.9. The monoisotopic (exact) mass is 562 g/mol. The average Bonchev–Trinajstić information content (AvgIpc) is 3.39. The number of Topliss-reactive ketones (excluding diaryl/α,β-unsaturated/α-hetero) is 1. The first-order valence-electron chi connectivity index (χ1n) is 14.3. The number of ether oxygens (including phenoxy) is 1. The van der Waals surface area contributed by atoms with Crippen molar-refractivity contribution < 1.29 is 24.0 Å². The SMILES string of the molecule is CC(=O)N1CCC(Nc2cc(C(=O)CC[C@H](O)CN3CCc4cc(OCc5conc5C)ccc4C3)ncn2)CC1. The molecule has 4 heterocycles. The summed E-state index contributed by atoms with van der Waals surface area (Å²) in [5.74, 6) is 1.41. The summed E-state index contributed by atoms with van der Waals surface area (Å²) in [6.45, 7) is 7.41. The standard InChI is InChI=1S/C30H38N6O5/c1-20-24(18-41-34-20)17-40-27-5-3-23-15-35(10-7-22(23)13-27)16-26(38)4-6-29(39)28-14-30(32-19-31-28)33-25-8-11-36(12-9-25)21(2)37/h3,5,13-14,18-19,25-26,38H,4,6-12,15-17H2,1-2H3,(H,31,32,33)/t26-/m0/s1. The third kappa shape index (κ3) is 7.68. The number of hydrogen-bond acceptors (Lipinski definition) is 10. The van der Waals surface area contributed by atoms with Crippen LogP contribution in [0, 0.1) is 6.92 Å². The van der Waals surface area contributed by atoms with Crippen LogP contribution < -0.4 is 10.1 Å². The number of carbonyl (C=O) groups is 2. The zero-order valence-electron chi connectivity index (χ0n) is 23.7. The first-order valence-corrected chi connectivity index (χ1v) is 14.3. The lowest BCUT2D eigenvalue weighted by Crippen LogP contribution is -2.41. The van der Waals surface area contributed by atoms with E-state index in [4.69, 9.17) is 9.26 Å². The van der Waals surface area contributed by atoms with Crippen molar-refractivity contribution in [1.29, 1.82) is 0 Å². The predicted molar refractivity (Wildman–Crippen MR) is 151 cm³/mol. The fourth-order valence-corrected chi connectivity index (χ4v) is 5.40. The van der Waals surface area contributed by atoms with Crippen LogP contribution in [-0.4, -0.2) is 80.0 Å². The number of aliphatic hydroxyl groups is 1. The van der Waals surface area contributed by atoms with Crippen LogP contribution in [0.25, 0.3) is 0 Å². The maximum absolute atomic E-state index is 12.8. The number of anilines is 1. The number of likely N-dealkylation sites (tertiary alicyclic amines) is 1. The highest BCUT2D eigenvalue weighted by Gasteiger charge is 2.23. The summed E-state index contributed by atoms with van der Waals surface area (Å²) in [4.78, 5) is 36.9. The lowest BCUT2D eigenvalue weighted by molar-refractivity contribution is -0.129. The zero-order valence-corrected chi connectivity index (χ0v) is 23.7. The molecule has 41 heavy (non-hydrogen) atoms. The molecule has 2 N–H and O–H groups in total. The lowest BCUT2D eigenvalue weighted by atomic mass is 9.98. The number of amides is 1. The molecule has 0 radical (unpaired) electrons. The van der Waals surface area contributed by atoms with E-state index in [9.17, 15) is 14.7 Å². The summed E-state index contributed by atoms with van der Waals surface area (Å²) in [7, 11) is 0. The number of hydrogen-bond donors (Lipinski definition) is 2. The van der Waals surface area contributed by atoms with Gasteiger partial charge in [-0.3, -0.25) is 14.5 Å². The first kappa shape index (κ1) is 28.7. The number of nitrogens with zero attached hydrogens (tertiary/aromatic N) is 5. The number of ketones is 1. The van der Waals surface area contributed by atoms with E-state index in [1.807, 2.05) is 17.9 Å². The highest BCUT2D eigenvalue weighted by molar-refractivity contribution is 5.94. The molecule has 1 amide bonds. The Morgan fingerprint density at radius 1 is 1.17 bits per heavy atom. The Hall–Kier alpha value is -3.83. The van der Waals surface area contributed by atoms with E-state index in [2.05, 4.69) is 37.5 Å². The van der Waals surface area contributed by atoms with Crippen molar-refractivity contribution in [2.24, 2.45) is 0 Å². The van der Waals surface area contributed by atoms with Gasteiger partial charge in [-0.25, -0.2) is 9.97 Å². The second kappa shape index (κ2) is 13.2. The number of benzene rings is 1. The largest absolute Gasteiger partial charge is 0.489 e. The number of fused-ring (bicyclic) bond motifs is 1. The summed E-state index contributed by atoms with van der Waals surface area (Å²) in [5.41, 5.74) is 4.58. The zero-order chi connectivity index (χ0) is 28.8. The Labute approximate surface area is 239 Å². The molecule has 11 heteroatoms. The molecule has 3 aromatic rings. The molecule has 2 aromatic heterocycles. The molecule has 0 bridgehead atoms. The minimum absolute atomic E-state index is 0.0979. The normalized spacial score (nSPS) is 16.7. The van der Waals surface area contributed by atoms with Gasteiger partial charge in [0.1, 0.15) is 36.5 Å². The van der Waals surface area contributed by atoms with Crippen molar-refractivity contribution in [2.45, 2.75) is 71.2 Å². The Balaban J connectivity index is 1.05. The van der Waals surface area contributed by atoms with Gasteiger partial charge >= 0.3 is 0 Å². The number of nitrogens with one attached hydrogen (secondary N) is 1. The van der Waals surface area contributed by atoms with Crippen LogP contribution in [0.5, 0.6) is 5.75 Å². The molecule has 0 saturated carbocycles. The number of aliphatic hydroxyl groups excluding tert-OH is 1. The fraction of sp³-hybridized carbons (Fsp3) is 0.500. The molecule has 218 valence electrons. The summed E-state index contributed by atoms with van der Waals surface area (Å²) in [6.07, 6.45) is 5.51. The van der Waals surface area contributed by atoms with E-state index < -0.39 is 6.10 Å². The number of rotatable bonds is 11. The maximum Gasteiger partial charge on any atom is 0.219 e. The van der Waals surface area contributed by atoms with E-state index in [0.717, 1.165) is 49.4 Å². The van der Waals surface area contributed by atoms with Gasteiger partial charge < -0.3 is 24.6 Å². The van der Waals surface area contributed by atoms with E-state index in [1.54, 1.807) is 19.3 Å². The van der Waals surface area contributed by atoms with Crippen LogP contribution in [0.2, 0.25) is 0 Å². The second-order valence-electron chi connectivity index (χ2n) is 11.0. The maximum atomic E-state index is 12.8. The van der Waals surface area contributed by atoms with Gasteiger partial charge in [-0.1, -0.05) is 11.2 Å². The topological polar surface area (TPSA) is 134 Å². The molecule has 1 atom stereocenters. The van der Waals surface area contributed by atoms with Gasteiger partial charge in [0, 0.05) is 58.2 Å². The van der Waals surface area contributed by atoms with Crippen molar-refractivity contribution in [2.75, 3.05) is 31.5 Å². The molecule has 5 rings (SSSR count). The molecular weight excluding hydrogens is 524 g/mol. The van der Waals surface area contributed by atoms with Crippen molar-refractivity contribution in [3.05, 3.63) is 64.9 Å². The number of β-amino-alcohol motifs (C(OH)–C–C–N with tert-alkyl or cyclic N) is 1. The first-order chi connectivity index (χ1) is 19.8. The van der Waals surface area contributed by atoms with E-state index in [1.165, 1.54) is 17.5 Å². The Bertz CT molecular complexity index is 1350. The molecular formula is C30H38N6O5. The summed E-state index contributed by atoms with van der Waals surface area (Å²) >= 11 is 0. The minimum atomic E-state index is -0.610. The molecule has 0 unspecified atom stereocenters. The van der Waals surface area contributed by atoms with Gasteiger partial charge in [0.15, 0.2) is 5.78 Å². The molecule has 2 aliphatic heterocycles. The fourth-order valence-electron chi connectivity index (χ4n) is 5.40. The van der Waals surface area contributed by atoms with Crippen molar-refractivity contribution in [3.8, 4) is 5.75 Å². The van der Waals surface area contributed by atoms with Gasteiger partial charge in [0.05, 0.1) is 17.4 Å². The number of aryl methyl sites for hydroxylation is 1. The Morgan fingerprint density at radius 3 is 2.76 bits per heavy atom. The molecule has 11 nitrogen and oxygen atoms in total. The van der Waals surface area contributed by atoms with Crippen LogP contribution >= 0.6 is 0 Å². The predicted octanol–water partition coefficient (Wildman–Crippen LogP) is 3.16. The molecule has 0 aliphatic carbocycles. The van der Waals surface area contributed by atoms with E-state index >= 15 is 0 Å². The van der Waals surface area contributed by atoms with E-state index in [-0.39, 0.29) is 24.2 Å². The quantitative estimate of drug-likeness (QED) is 0.336. The minimum Gasteiger partial charge on any atom is -0.489 e. The van der Waals surface area contributed by atoms with Gasteiger partial charge in [-0.05, 0) is 55.9 Å². The van der Waals surface area contributed by atoms with Crippen LogP contribution in [0.1, 0.15) is 65.5 Å². The second-order valence-corrected chi connectivity index (χ2v) is 11.0. The molecule has 1 saturated heterocycles. The van der Waals surface area contributed by atoms with Crippen molar-refractivity contribution in [1.82, 2.24) is 24.9 Å². The van der Waals surface area contributed by atoms with Crippen LogP contribution in [0.3, 0.4) is 0 Å². The van der Waals surface area contributed by atoms with Gasteiger partial charge in [-0.15, -0.1) is 0 Å². The third-order valence-corrected chi connectivity index (χ3v) is 7.93. The summed E-state index contributed by atoms with van der Waals surface area (Å²) in [6, 6.07) is 8.02. The molecule has 1 fully saturated rings. The number of piperidine rings is 1. The van der Waals surface area contributed by atoms with Gasteiger partial charge in [-0.2, -0.15) is 0 Å². The Kier molecular flexibility index (Phi) is 9.25. The molecule has 0 spiro atoms. The Morgan fingerprint density at radius 2 is 2.00 bits per heavy atom. The van der Waals surface area contributed by atoms with Gasteiger partial charge in [0.25, 0.3) is 0 Å². The lowest BCUT2D eigenvalue weighted by Gasteiger charge is -2.31. The smallest absolute Gasteiger partial charge is 0.219 e. The number of carbonyl (C=O) groups excluding carboxylic acids is 2. The van der Waals surface area contributed by atoms with Crippen LogP contribution in [0.4, 0.5) is 5.82 Å². The number of aromatic nitrogens is 3. The summed E-state index contributed by atoms with van der Waals surface area (Å²) in [5, 5.41) is 18.0. The third-order valence-electron chi connectivity index (χ3n) is 7.93. The van der Waals surface area contributed by atoms with Crippen LogP contribution in [0.15, 0.2) is 41.4 Å².